The lowest BCUT2D eigenvalue weighted by atomic mass is 10.1. The third-order valence-corrected chi connectivity index (χ3v) is 4.65. The molecule has 6 nitrogen and oxygen atoms in total. The summed E-state index contributed by atoms with van der Waals surface area (Å²) < 4.78 is 5.53. The molecule has 1 aliphatic rings. The average molecular weight is 502 g/mol. The molecule has 28 heavy (non-hydrogen) atoms. The number of amides is 1. The minimum atomic E-state index is 0. The van der Waals surface area contributed by atoms with Crippen molar-refractivity contribution in [2.75, 3.05) is 39.8 Å². The highest BCUT2D eigenvalue weighted by Crippen LogP contribution is 2.17. The van der Waals surface area contributed by atoms with Crippen molar-refractivity contribution in [1.82, 2.24) is 15.5 Å². The number of hydrogen-bond acceptors (Lipinski definition) is 3. The number of aliphatic imine (C=N–C) groups is 1. The van der Waals surface area contributed by atoms with Gasteiger partial charge < -0.3 is 20.3 Å². The quantitative estimate of drug-likeness (QED) is 0.224. The van der Waals surface area contributed by atoms with Gasteiger partial charge in [-0.3, -0.25) is 9.79 Å². The van der Waals surface area contributed by atoms with Crippen LogP contribution in [0.5, 0.6) is 0 Å². The van der Waals surface area contributed by atoms with E-state index in [0.717, 1.165) is 51.6 Å². The third kappa shape index (κ3) is 9.23. The van der Waals surface area contributed by atoms with E-state index in [2.05, 4.69) is 27.8 Å². The second kappa shape index (κ2) is 13.8. The number of nitrogens with zero attached hydrogens (tertiary/aromatic N) is 2. The summed E-state index contributed by atoms with van der Waals surface area (Å²) in [7, 11) is 1.77. The first-order valence-electron chi connectivity index (χ1n) is 9.96. The van der Waals surface area contributed by atoms with Crippen LogP contribution in [0.4, 0.5) is 0 Å². The summed E-state index contributed by atoms with van der Waals surface area (Å²) in [6.07, 6.45) is 2.73. The zero-order valence-corrected chi connectivity index (χ0v) is 19.6. The summed E-state index contributed by atoms with van der Waals surface area (Å²) in [5.41, 5.74) is 1.28. The Balaban J connectivity index is 0.00000392. The maximum absolute atomic E-state index is 12.3. The van der Waals surface area contributed by atoms with Crippen molar-refractivity contribution in [3.63, 3.8) is 0 Å². The van der Waals surface area contributed by atoms with Crippen LogP contribution < -0.4 is 10.6 Å². The van der Waals surface area contributed by atoms with Crippen molar-refractivity contribution in [3.05, 3.63) is 35.9 Å². The van der Waals surface area contributed by atoms with Gasteiger partial charge >= 0.3 is 0 Å². The second-order valence-electron chi connectivity index (χ2n) is 7.30. The van der Waals surface area contributed by atoms with E-state index in [-0.39, 0.29) is 36.0 Å². The number of carbonyl (C=O) groups is 1. The molecule has 1 atom stereocenters. The first-order chi connectivity index (χ1) is 13.1. The second-order valence-corrected chi connectivity index (χ2v) is 7.30. The Morgan fingerprint density at radius 1 is 1.29 bits per heavy atom. The number of halogens is 1. The first-order valence-corrected chi connectivity index (χ1v) is 9.96. The Kier molecular flexibility index (Phi) is 12.1. The Morgan fingerprint density at radius 2 is 2.04 bits per heavy atom. The number of nitrogens with one attached hydrogen (secondary N) is 2. The van der Waals surface area contributed by atoms with Gasteiger partial charge in [-0.05, 0) is 32.3 Å². The van der Waals surface area contributed by atoms with Gasteiger partial charge in [0, 0.05) is 52.2 Å². The molecule has 0 saturated carbocycles. The van der Waals surface area contributed by atoms with E-state index in [1.807, 2.05) is 36.9 Å². The van der Waals surface area contributed by atoms with Crippen LogP contribution >= 0.6 is 24.0 Å². The molecule has 1 saturated heterocycles. The Morgan fingerprint density at radius 3 is 2.71 bits per heavy atom. The van der Waals surface area contributed by atoms with Crippen LogP contribution in [0.3, 0.4) is 0 Å². The molecule has 2 rings (SSSR count). The van der Waals surface area contributed by atoms with E-state index in [9.17, 15) is 4.79 Å². The Labute approximate surface area is 186 Å². The van der Waals surface area contributed by atoms with Crippen molar-refractivity contribution in [1.29, 1.82) is 0 Å². The summed E-state index contributed by atoms with van der Waals surface area (Å²) in [4.78, 5) is 18.5. The van der Waals surface area contributed by atoms with Crippen LogP contribution in [0.15, 0.2) is 35.3 Å². The smallest absolute Gasteiger partial charge is 0.223 e. The van der Waals surface area contributed by atoms with Gasteiger partial charge in [0.15, 0.2) is 5.96 Å². The Hall–Kier alpha value is -1.35. The number of likely N-dealkylation sites (tertiary alicyclic amines) is 1. The predicted molar refractivity (Wildman–Crippen MR) is 125 cm³/mol. The standard InChI is InChI=1S/C21H34N4O2.HI/c1-17(2)27-13-7-11-23-21(22-3)24-15-19-14-20(26)25(16-19)12-10-18-8-5-4-6-9-18;/h4-6,8-9,17,19H,7,10-16H2,1-3H3,(H2,22,23,24);1H. The van der Waals surface area contributed by atoms with Crippen LogP contribution in [0.25, 0.3) is 0 Å². The van der Waals surface area contributed by atoms with Crippen molar-refractivity contribution in [2.24, 2.45) is 10.9 Å². The molecule has 1 aliphatic heterocycles. The number of benzene rings is 1. The fraction of sp³-hybridized carbons (Fsp3) is 0.619. The van der Waals surface area contributed by atoms with Gasteiger partial charge in [-0.25, -0.2) is 0 Å². The van der Waals surface area contributed by atoms with E-state index in [0.29, 0.717) is 12.3 Å². The highest BCUT2D eigenvalue weighted by molar-refractivity contribution is 14.0. The lowest BCUT2D eigenvalue weighted by Gasteiger charge is -2.18. The number of hydrogen-bond donors (Lipinski definition) is 2. The van der Waals surface area contributed by atoms with Crippen molar-refractivity contribution >= 4 is 35.8 Å². The van der Waals surface area contributed by atoms with Gasteiger partial charge in [0.25, 0.3) is 0 Å². The molecule has 0 aromatic heterocycles. The molecule has 1 aromatic rings. The van der Waals surface area contributed by atoms with Crippen LogP contribution in [0, 0.1) is 5.92 Å². The van der Waals surface area contributed by atoms with E-state index >= 15 is 0 Å². The van der Waals surface area contributed by atoms with Crippen molar-refractivity contribution < 1.29 is 9.53 Å². The van der Waals surface area contributed by atoms with Gasteiger partial charge in [0.05, 0.1) is 6.10 Å². The van der Waals surface area contributed by atoms with Gasteiger partial charge in [-0.15, -0.1) is 24.0 Å². The van der Waals surface area contributed by atoms with E-state index in [1.165, 1.54) is 5.56 Å². The zero-order chi connectivity index (χ0) is 19.5. The van der Waals surface area contributed by atoms with Crippen LogP contribution in [0.2, 0.25) is 0 Å². The largest absolute Gasteiger partial charge is 0.379 e. The average Bonchev–Trinajstić information content (AvgIpc) is 3.02. The molecule has 1 fully saturated rings. The van der Waals surface area contributed by atoms with E-state index in [1.54, 1.807) is 7.05 Å². The van der Waals surface area contributed by atoms with Gasteiger partial charge in [0.1, 0.15) is 0 Å². The highest BCUT2D eigenvalue weighted by Gasteiger charge is 2.29. The number of rotatable bonds is 10. The molecule has 1 aromatic carbocycles. The highest BCUT2D eigenvalue weighted by atomic mass is 127. The fourth-order valence-corrected chi connectivity index (χ4v) is 3.18. The number of ether oxygens (including phenoxy) is 1. The van der Waals surface area contributed by atoms with Crippen LogP contribution in [-0.4, -0.2) is 62.7 Å². The minimum absolute atomic E-state index is 0. The van der Waals surface area contributed by atoms with Crippen molar-refractivity contribution in [3.8, 4) is 0 Å². The molecule has 0 aliphatic carbocycles. The molecule has 0 spiro atoms. The predicted octanol–water partition coefficient (Wildman–Crippen LogP) is 2.68. The topological polar surface area (TPSA) is 66.0 Å². The van der Waals surface area contributed by atoms with Gasteiger partial charge in [-0.2, -0.15) is 0 Å². The fourth-order valence-electron chi connectivity index (χ4n) is 3.18. The third-order valence-electron chi connectivity index (χ3n) is 4.65. The van der Waals surface area contributed by atoms with E-state index < -0.39 is 0 Å². The molecule has 1 amide bonds. The molecule has 0 radical (unpaired) electrons. The maximum Gasteiger partial charge on any atom is 0.223 e. The molecule has 158 valence electrons. The van der Waals surface area contributed by atoms with Gasteiger partial charge in [-0.1, -0.05) is 30.3 Å². The van der Waals surface area contributed by atoms with Crippen LogP contribution in [0.1, 0.15) is 32.3 Å². The SMILES string of the molecule is CN=C(NCCCOC(C)C)NCC1CC(=O)N(CCc2ccccc2)C1.I. The zero-order valence-electron chi connectivity index (χ0n) is 17.3. The van der Waals surface area contributed by atoms with Crippen molar-refractivity contribution in [2.45, 2.75) is 39.2 Å². The molecule has 2 N–H and O–H groups in total. The van der Waals surface area contributed by atoms with E-state index in [4.69, 9.17) is 4.74 Å². The lowest BCUT2D eigenvalue weighted by molar-refractivity contribution is -0.127. The minimum Gasteiger partial charge on any atom is -0.379 e. The lowest BCUT2D eigenvalue weighted by Crippen LogP contribution is -2.41. The molecule has 7 heteroatoms. The normalized spacial score (nSPS) is 17.0. The number of guanidine groups is 1. The first kappa shape index (κ1) is 24.7. The van der Waals surface area contributed by atoms with Gasteiger partial charge in [0.2, 0.25) is 5.91 Å². The maximum atomic E-state index is 12.3. The molecule has 1 heterocycles. The summed E-state index contributed by atoms with van der Waals surface area (Å²) >= 11 is 0. The molecular weight excluding hydrogens is 467 g/mol. The summed E-state index contributed by atoms with van der Waals surface area (Å²) in [6.45, 7) is 8.02. The van der Waals surface area contributed by atoms with Crippen LogP contribution in [-0.2, 0) is 16.0 Å². The molecule has 1 unspecified atom stereocenters. The molecule has 0 bridgehead atoms. The summed E-state index contributed by atoms with van der Waals surface area (Å²) in [6, 6.07) is 10.3. The monoisotopic (exact) mass is 502 g/mol. The number of carbonyl (C=O) groups excluding carboxylic acids is 1. The molecular formula is C21H35IN4O2. The Bertz CT molecular complexity index is 595. The summed E-state index contributed by atoms with van der Waals surface area (Å²) in [5, 5.41) is 6.64. The summed E-state index contributed by atoms with van der Waals surface area (Å²) in [5.74, 6) is 1.37.